The number of Topliss-reactive ketones (excluding diaryl/α,β-unsaturated/α-hetero) is 1. The van der Waals surface area contributed by atoms with Crippen LogP contribution >= 0.6 is 11.8 Å². The van der Waals surface area contributed by atoms with Gasteiger partial charge in [-0.15, -0.1) is 11.8 Å². The number of sulfonamides is 1. The Morgan fingerprint density at radius 2 is 1.78 bits per heavy atom. The predicted octanol–water partition coefficient (Wildman–Crippen LogP) is 3.58. The maximum Gasteiger partial charge on any atom is 0.264 e. The Labute approximate surface area is 140 Å². The third kappa shape index (κ3) is 3.01. The van der Waals surface area contributed by atoms with Crippen molar-refractivity contribution in [1.29, 1.82) is 0 Å². The third-order valence-electron chi connectivity index (χ3n) is 3.73. The van der Waals surface area contributed by atoms with Gasteiger partial charge in [0, 0.05) is 22.3 Å². The van der Waals surface area contributed by atoms with Crippen LogP contribution < -0.4 is 4.31 Å². The lowest BCUT2D eigenvalue weighted by Crippen LogP contribution is -2.38. The van der Waals surface area contributed by atoms with E-state index in [1.807, 2.05) is 31.2 Å². The summed E-state index contributed by atoms with van der Waals surface area (Å²) in [4.78, 5) is 12.5. The zero-order valence-corrected chi connectivity index (χ0v) is 14.5. The van der Waals surface area contributed by atoms with Crippen molar-refractivity contribution in [3.8, 4) is 0 Å². The minimum absolute atomic E-state index is 0.0812. The molecule has 120 valence electrons. The minimum atomic E-state index is -3.64. The normalized spacial score (nSPS) is 17.7. The van der Waals surface area contributed by atoms with E-state index in [2.05, 4.69) is 0 Å². The standard InChI is InChI=1S/C17H17NO3S2/c1-12-11-18(16-5-3-4-6-17(16)22-12)23(20,21)15-9-7-14(8-10-15)13(2)19/h3-10,12H,11H2,1-2H3. The number of carbonyl (C=O) groups excluding carboxylic acids is 1. The molecule has 1 heterocycles. The van der Waals surface area contributed by atoms with Crippen molar-refractivity contribution < 1.29 is 13.2 Å². The van der Waals surface area contributed by atoms with E-state index >= 15 is 0 Å². The van der Waals surface area contributed by atoms with Crippen molar-refractivity contribution >= 4 is 33.3 Å². The number of hydrogen-bond donors (Lipinski definition) is 0. The van der Waals surface area contributed by atoms with Gasteiger partial charge < -0.3 is 0 Å². The summed E-state index contributed by atoms with van der Waals surface area (Å²) in [6, 6.07) is 13.6. The molecule has 6 heteroatoms. The molecule has 0 fully saturated rings. The number of hydrogen-bond acceptors (Lipinski definition) is 4. The number of benzene rings is 2. The van der Waals surface area contributed by atoms with Crippen LogP contribution in [0.4, 0.5) is 5.69 Å². The fraction of sp³-hybridized carbons (Fsp3) is 0.235. The number of nitrogens with zero attached hydrogens (tertiary/aromatic N) is 1. The van der Waals surface area contributed by atoms with Crippen LogP contribution in [0.1, 0.15) is 24.2 Å². The maximum atomic E-state index is 13.0. The first-order valence-corrected chi connectivity index (χ1v) is 9.61. The molecule has 0 N–H and O–H groups in total. The third-order valence-corrected chi connectivity index (χ3v) is 6.68. The van der Waals surface area contributed by atoms with E-state index in [0.717, 1.165) is 4.90 Å². The first-order chi connectivity index (χ1) is 10.9. The molecule has 0 amide bonds. The summed E-state index contributed by atoms with van der Waals surface area (Å²) >= 11 is 1.68. The number of ketones is 1. The Hall–Kier alpha value is -1.79. The minimum Gasteiger partial charge on any atom is -0.295 e. The highest BCUT2D eigenvalue weighted by atomic mass is 32.2. The second-order valence-electron chi connectivity index (χ2n) is 5.51. The van der Waals surface area contributed by atoms with Crippen molar-refractivity contribution in [1.82, 2.24) is 0 Å². The van der Waals surface area contributed by atoms with E-state index in [0.29, 0.717) is 17.8 Å². The summed E-state index contributed by atoms with van der Waals surface area (Å²) in [5, 5.41) is 0.177. The molecule has 4 nitrogen and oxygen atoms in total. The molecule has 3 rings (SSSR count). The number of anilines is 1. The van der Waals surface area contributed by atoms with Gasteiger partial charge in [-0.05, 0) is 31.2 Å². The molecule has 23 heavy (non-hydrogen) atoms. The molecule has 0 bridgehead atoms. The zero-order chi connectivity index (χ0) is 16.6. The van der Waals surface area contributed by atoms with Gasteiger partial charge in [-0.3, -0.25) is 9.10 Å². The number of rotatable bonds is 3. The quantitative estimate of drug-likeness (QED) is 0.797. The van der Waals surface area contributed by atoms with Gasteiger partial charge in [0.2, 0.25) is 0 Å². The van der Waals surface area contributed by atoms with Gasteiger partial charge in [0.05, 0.1) is 10.6 Å². The Morgan fingerprint density at radius 1 is 1.13 bits per heavy atom. The van der Waals surface area contributed by atoms with Gasteiger partial charge in [0.1, 0.15) is 0 Å². The van der Waals surface area contributed by atoms with Gasteiger partial charge in [0.25, 0.3) is 10.0 Å². The maximum absolute atomic E-state index is 13.0. The van der Waals surface area contributed by atoms with Crippen LogP contribution in [0.25, 0.3) is 0 Å². The Balaban J connectivity index is 2.04. The largest absolute Gasteiger partial charge is 0.295 e. The lowest BCUT2D eigenvalue weighted by atomic mass is 10.2. The Kier molecular flexibility index (Phi) is 4.21. The molecule has 1 atom stereocenters. The van der Waals surface area contributed by atoms with Crippen LogP contribution in [-0.4, -0.2) is 26.0 Å². The van der Waals surface area contributed by atoms with Gasteiger partial charge in [-0.25, -0.2) is 8.42 Å². The second-order valence-corrected chi connectivity index (χ2v) is 8.86. The first-order valence-electron chi connectivity index (χ1n) is 7.29. The van der Waals surface area contributed by atoms with Gasteiger partial charge >= 0.3 is 0 Å². The lowest BCUT2D eigenvalue weighted by Gasteiger charge is -2.33. The van der Waals surface area contributed by atoms with E-state index < -0.39 is 10.0 Å². The highest BCUT2D eigenvalue weighted by molar-refractivity contribution is 8.00. The molecular weight excluding hydrogens is 330 g/mol. The van der Waals surface area contributed by atoms with Crippen molar-refractivity contribution in [3.63, 3.8) is 0 Å². The lowest BCUT2D eigenvalue weighted by molar-refractivity contribution is 0.101. The molecule has 2 aromatic carbocycles. The molecule has 1 aliphatic heterocycles. The van der Waals surface area contributed by atoms with Crippen LogP contribution in [0.5, 0.6) is 0 Å². The van der Waals surface area contributed by atoms with Crippen LogP contribution in [0.2, 0.25) is 0 Å². The molecule has 0 saturated carbocycles. The Bertz CT molecular complexity index is 844. The van der Waals surface area contributed by atoms with Gasteiger partial charge in [0.15, 0.2) is 5.78 Å². The van der Waals surface area contributed by atoms with Crippen molar-refractivity contribution in [2.75, 3.05) is 10.8 Å². The summed E-state index contributed by atoms with van der Waals surface area (Å²) in [7, 11) is -3.64. The summed E-state index contributed by atoms with van der Waals surface area (Å²) in [6.07, 6.45) is 0. The Morgan fingerprint density at radius 3 is 2.43 bits per heavy atom. The topological polar surface area (TPSA) is 54.5 Å². The number of carbonyl (C=O) groups is 1. The molecule has 0 saturated heterocycles. The van der Waals surface area contributed by atoms with E-state index in [1.165, 1.54) is 23.4 Å². The van der Waals surface area contributed by atoms with Crippen LogP contribution in [-0.2, 0) is 10.0 Å². The van der Waals surface area contributed by atoms with E-state index in [-0.39, 0.29) is 15.9 Å². The van der Waals surface area contributed by atoms with E-state index in [9.17, 15) is 13.2 Å². The summed E-state index contributed by atoms with van der Waals surface area (Å²) in [5.74, 6) is -0.0812. The molecule has 2 aromatic rings. The molecule has 0 radical (unpaired) electrons. The zero-order valence-electron chi connectivity index (χ0n) is 12.9. The van der Waals surface area contributed by atoms with E-state index in [4.69, 9.17) is 0 Å². The molecule has 0 aromatic heterocycles. The molecule has 0 spiro atoms. The van der Waals surface area contributed by atoms with Crippen LogP contribution in [0, 0.1) is 0 Å². The fourth-order valence-corrected chi connectivity index (χ4v) is 5.40. The van der Waals surface area contributed by atoms with Crippen molar-refractivity contribution in [2.45, 2.75) is 28.9 Å². The van der Waals surface area contributed by atoms with E-state index in [1.54, 1.807) is 23.9 Å². The average molecular weight is 347 g/mol. The van der Waals surface area contributed by atoms with Gasteiger partial charge in [-0.2, -0.15) is 0 Å². The van der Waals surface area contributed by atoms with Crippen LogP contribution in [0.3, 0.4) is 0 Å². The number of fused-ring (bicyclic) bond motifs is 1. The predicted molar refractivity (Wildman–Crippen MR) is 92.7 cm³/mol. The highest BCUT2D eigenvalue weighted by Gasteiger charge is 2.32. The second kappa shape index (κ2) is 6.02. The molecule has 1 aliphatic rings. The van der Waals surface area contributed by atoms with Gasteiger partial charge in [-0.1, -0.05) is 31.2 Å². The summed E-state index contributed by atoms with van der Waals surface area (Å²) < 4.78 is 27.5. The molecule has 1 unspecified atom stereocenters. The molecular formula is C17H17NO3S2. The summed E-state index contributed by atoms with van der Waals surface area (Å²) in [5.41, 5.74) is 1.22. The number of para-hydroxylation sites is 1. The smallest absolute Gasteiger partial charge is 0.264 e. The SMILES string of the molecule is CC(=O)c1ccc(S(=O)(=O)N2CC(C)Sc3ccccc32)cc1. The fourth-order valence-electron chi connectivity index (χ4n) is 2.57. The first kappa shape index (κ1) is 16.1. The molecule has 0 aliphatic carbocycles. The monoisotopic (exact) mass is 347 g/mol. The van der Waals surface area contributed by atoms with Crippen molar-refractivity contribution in [3.05, 3.63) is 54.1 Å². The average Bonchev–Trinajstić information content (AvgIpc) is 2.54. The van der Waals surface area contributed by atoms with Crippen LogP contribution in [0.15, 0.2) is 58.3 Å². The summed E-state index contributed by atoms with van der Waals surface area (Å²) in [6.45, 7) is 3.91. The highest BCUT2D eigenvalue weighted by Crippen LogP contribution is 2.40. The number of thioether (sulfide) groups is 1. The van der Waals surface area contributed by atoms with Crippen molar-refractivity contribution in [2.24, 2.45) is 0 Å².